The standard InChI is InChI=1S/C17H26O2/c1-2-3-4-5-6-10-13-17(18-14-15-19-17)16-11-8-7-9-12-16/h7-9,11-12H,2-6,10,13-15H2,1H3. The third-order valence-electron chi connectivity index (χ3n) is 3.83. The summed E-state index contributed by atoms with van der Waals surface area (Å²) in [7, 11) is 0. The Hall–Kier alpha value is -0.860. The zero-order chi connectivity index (χ0) is 13.4. The first kappa shape index (κ1) is 14.5. The topological polar surface area (TPSA) is 18.5 Å². The summed E-state index contributed by atoms with van der Waals surface area (Å²) >= 11 is 0. The fraction of sp³-hybridized carbons (Fsp3) is 0.647. The Kier molecular flexibility index (Phi) is 5.87. The number of benzene rings is 1. The molecule has 0 bridgehead atoms. The van der Waals surface area contributed by atoms with E-state index in [1.54, 1.807) is 0 Å². The molecule has 106 valence electrons. The first-order valence-electron chi connectivity index (χ1n) is 7.71. The lowest BCUT2D eigenvalue weighted by molar-refractivity contribution is -0.171. The van der Waals surface area contributed by atoms with E-state index in [-0.39, 0.29) is 0 Å². The van der Waals surface area contributed by atoms with Crippen LogP contribution in [0.15, 0.2) is 30.3 Å². The van der Waals surface area contributed by atoms with Gasteiger partial charge in [0.15, 0.2) is 5.79 Å². The van der Waals surface area contributed by atoms with Crippen molar-refractivity contribution in [3.63, 3.8) is 0 Å². The molecule has 0 radical (unpaired) electrons. The predicted octanol–water partition coefficient (Wildman–Crippen LogP) is 4.64. The van der Waals surface area contributed by atoms with Gasteiger partial charge in [-0.1, -0.05) is 69.4 Å². The van der Waals surface area contributed by atoms with Gasteiger partial charge in [0.25, 0.3) is 0 Å². The van der Waals surface area contributed by atoms with Crippen LogP contribution in [-0.4, -0.2) is 13.2 Å². The van der Waals surface area contributed by atoms with Gasteiger partial charge < -0.3 is 9.47 Å². The van der Waals surface area contributed by atoms with E-state index >= 15 is 0 Å². The van der Waals surface area contributed by atoms with Crippen molar-refractivity contribution in [2.45, 2.75) is 57.7 Å². The van der Waals surface area contributed by atoms with Crippen molar-refractivity contribution in [3.05, 3.63) is 35.9 Å². The first-order valence-corrected chi connectivity index (χ1v) is 7.71. The highest BCUT2D eigenvalue weighted by atomic mass is 16.7. The summed E-state index contributed by atoms with van der Waals surface area (Å²) in [5, 5.41) is 0. The third kappa shape index (κ3) is 4.05. The highest BCUT2D eigenvalue weighted by Crippen LogP contribution is 2.36. The molecule has 1 fully saturated rings. The van der Waals surface area contributed by atoms with Crippen molar-refractivity contribution in [1.82, 2.24) is 0 Å². The second kappa shape index (κ2) is 7.66. The van der Waals surface area contributed by atoms with Gasteiger partial charge in [0, 0.05) is 12.0 Å². The summed E-state index contributed by atoms with van der Waals surface area (Å²) in [5.41, 5.74) is 1.17. The van der Waals surface area contributed by atoms with Gasteiger partial charge >= 0.3 is 0 Å². The lowest BCUT2D eigenvalue weighted by Gasteiger charge is -2.28. The molecule has 0 atom stereocenters. The third-order valence-corrected chi connectivity index (χ3v) is 3.83. The van der Waals surface area contributed by atoms with Crippen molar-refractivity contribution in [3.8, 4) is 0 Å². The number of hydrogen-bond acceptors (Lipinski definition) is 2. The van der Waals surface area contributed by atoms with E-state index in [1.807, 2.05) is 6.07 Å². The van der Waals surface area contributed by atoms with Crippen LogP contribution in [0.2, 0.25) is 0 Å². The fourth-order valence-electron chi connectivity index (χ4n) is 2.74. The molecule has 0 saturated carbocycles. The van der Waals surface area contributed by atoms with Crippen molar-refractivity contribution in [1.29, 1.82) is 0 Å². The van der Waals surface area contributed by atoms with Gasteiger partial charge in [0.05, 0.1) is 13.2 Å². The quantitative estimate of drug-likeness (QED) is 0.636. The van der Waals surface area contributed by atoms with E-state index in [0.29, 0.717) is 13.2 Å². The van der Waals surface area contributed by atoms with Crippen LogP contribution in [-0.2, 0) is 15.3 Å². The number of rotatable bonds is 8. The summed E-state index contributed by atoms with van der Waals surface area (Å²) in [5.74, 6) is -0.466. The normalized spacial score (nSPS) is 17.7. The van der Waals surface area contributed by atoms with E-state index in [2.05, 4.69) is 31.2 Å². The molecule has 1 heterocycles. The van der Waals surface area contributed by atoms with Crippen molar-refractivity contribution in [2.75, 3.05) is 13.2 Å². The SMILES string of the molecule is CCCCCCCCC1(c2ccccc2)OCCO1. The highest BCUT2D eigenvalue weighted by molar-refractivity contribution is 5.20. The maximum atomic E-state index is 5.93. The molecule has 1 aliphatic heterocycles. The Morgan fingerprint density at radius 1 is 0.895 bits per heavy atom. The molecule has 1 aromatic carbocycles. The molecule has 0 aromatic heterocycles. The van der Waals surface area contributed by atoms with E-state index in [1.165, 1.54) is 44.1 Å². The number of ether oxygens (including phenoxy) is 2. The first-order chi connectivity index (χ1) is 9.37. The largest absolute Gasteiger partial charge is 0.343 e. The molecule has 2 nitrogen and oxygen atoms in total. The molecule has 19 heavy (non-hydrogen) atoms. The molecule has 2 heteroatoms. The van der Waals surface area contributed by atoms with Crippen molar-refractivity contribution < 1.29 is 9.47 Å². The molecular formula is C17H26O2. The van der Waals surface area contributed by atoms with Crippen LogP contribution in [0.1, 0.15) is 57.4 Å². The zero-order valence-electron chi connectivity index (χ0n) is 12.1. The Morgan fingerprint density at radius 3 is 2.21 bits per heavy atom. The van der Waals surface area contributed by atoms with Gasteiger partial charge in [-0.05, 0) is 6.42 Å². The molecule has 1 saturated heterocycles. The molecule has 0 spiro atoms. The van der Waals surface area contributed by atoms with Crippen LogP contribution in [0.3, 0.4) is 0 Å². The van der Waals surface area contributed by atoms with Crippen LogP contribution in [0.25, 0.3) is 0 Å². The van der Waals surface area contributed by atoms with Gasteiger partial charge in [-0.25, -0.2) is 0 Å². The highest BCUT2D eigenvalue weighted by Gasteiger charge is 2.37. The van der Waals surface area contributed by atoms with Gasteiger partial charge in [-0.3, -0.25) is 0 Å². The Morgan fingerprint density at radius 2 is 1.53 bits per heavy atom. The summed E-state index contributed by atoms with van der Waals surface area (Å²) in [4.78, 5) is 0. The lowest BCUT2D eigenvalue weighted by Crippen LogP contribution is -2.27. The average Bonchev–Trinajstić information content (AvgIpc) is 2.94. The fourth-order valence-corrected chi connectivity index (χ4v) is 2.74. The minimum atomic E-state index is -0.466. The molecule has 1 aliphatic rings. The average molecular weight is 262 g/mol. The molecule has 0 amide bonds. The van der Waals surface area contributed by atoms with E-state index < -0.39 is 5.79 Å². The van der Waals surface area contributed by atoms with Crippen LogP contribution < -0.4 is 0 Å². The zero-order valence-corrected chi connectivity index (χ0v) is 12.1. The van der Waals surface area contributed by atoms with Crippen LogP contribution in [0.5, 0.6) is 0 Å². The van der Waals surface area contributed by atoms with Gasteiger partial charge in [0.2, 0.25) is 0 Å². The Labute approximate surface area is 117 Å². The van der Waals surface area contributed by atoms with Crippen LogP contribution >= 0.6 is 0 Å². The maximum absolute atomic E-state index is 5.93. The molecular weight excluding hydrogens is 236 g/mol. The molecule has 0 N–H and O–H groups in total. The van der Waals surface area contributed by atoms with Crippen molar-refractivity contribution >= 4 is 0 Å². The maximum Gasteiger partial charge on any atom is 0.194 e. The van der Waals surface area contributed by atoms with Crippen LogP contribution in [0, 0.1) is 0 Å². The minimum Gasteiger partial charge on any atom is -0.343 e. The second-order valence-electron chi connectivity index (χ2n) is 5.33. The van der Waals surface area contributed by atoms with Crippen LogP contribution in [0.4, 0.5) is 0 Å². The van der Waals surface area contributed by atoms with E-state index in [4.69, 9.17) is 9.47 Å². The summed E-state index contributed by atoms with van der Waals surface area (Å²) in [6.45, 7) is 3.68. The van der Waals surface area contributed by atoms with Gasteiger partial charge in [-0.15, -0.1) is 0 Å². The predicted molar refractivity (Wildman–Crippen MR) is 78.0 cm³/mol. The summed E-state index contributed by atoms with van der Waals surface area (Å²) < 4.78 is 11.9. The minimum absolute atomic E-state index is 0.466. The Balaban J connectivity index is 1.83. The second-order valence-corrected chi connectivity index (χ2v) is 5.33. The molecule has 0 unspecified atom stereocenters. The molecule has 1 aromatic rings. The number of unbranched alkanes of at least 4 members (excludes halogenated alkanes) is 5. The smallest absolute Gasteiger partial charge is 0.194 e. The van der Waals surface area contributed by atoms with E-state index in [0.717, 1.165) is 6.42 Å². The van der Waals surface area contributed by atoms with E-state index in [9.17, 15) is 0 Å². The Bertz CT molecular complexity index is 342. The summed E-state index contributed by atoms with van der Waals surface area (Å²) in [6.07, 6.45) is 8.79. The molecule has 2 rings (SSSR count). The molecule has 0 aliphatic carbocycles. The van der Waals surface area contributed by atoms with Gasteiger partial charge in [0.1, 0.15) is 0 Å². The summed E-state index contributed by atoms with van der Waals surface area (Å²) in [6, 6.07) is 10.4. The van der Waals surface area contributed by atoms with Gasteiger partial charge in [-0.2, -0.15) is 0 Å². The monoisotopic (exact) mass is 262 g/mol. The number of hydrogen-bond donors (Lipinski definition) is 0. The lowest BCUT2D eigenvalue weighted by atomic mass is 9.98. The van der Waals surface area contributed by atoms with Crippen molar-refractivity contribution in [2.24, 2.45) is 0 Å².